The number of hydrogen-bond acceptors (Lipinski definition) is 5. The van der Waals surface area contributed by atoms with Crippen molar-refractivity contribution in [2.24, 2.45) is 5.92 Å². The molecular formula is C15H23ClN4O. The van der Waals surface area contributed by atoms with Crippen molar-refractivity contribution >= 4 is 17.5 Å². The van der Waals surface area contributed by atoms with Gasteiger partial charge in [0.2, 0.25) is 11.2 Å². The Bertz CT molecular complexity index is 479. The van der Waals surface area contributed by atoms with Gasteiger partial charge < -0.3 is 9.64 Å². The van der Waals surface area contributed by atoms with Gasteiger partial charge in [-0.2, -0.15) is 15.0 Å². The molecule has 1 saturated heterocycles. The summed E-state index contributed by atoms with van der Waals surface area (Å²) in [4.78, 5) is 15.0. The number of rotatable bonds is 3. The normalized spacial score (nSPS) is 26.7. The summed E-state index contributed by atoms with van der Waals surface area (Å²) in [5, 5.41) is 0.226. The van der Waals surface area contributed by atoms with Crippen molar-refractivity contribution in [1.82, 2.24) is 15.0 Å². The summed E-state index contributed by atoms with van der Waals surface area (Å²) in [5.74, 6) is 1.37. The van der Waals surface area contributed by atoms with E-state index in [4.69, 9.17) is 16.3 Å². The zero-order chi connectivity index (χ0) is 14.7. The second kappa shape index (κ2) is 6.77. The first kappa shape index (κ1) is 14.8. The van der Waals surface area contributed by atoms with E-state index in [2.05, 4.69) is 26.8 Å². The molecule has 1 aromatic heterocycles. The molecule has 5 nitrogen and oxygen atoms in total. The van der Waals surface area contributed by atoms with Crippen LogP contribution in [0, 0.1) is 5.92 Å². The summed E-state index contributed by atoms with van der Waals surface area (Å²) in [6, 6.07) is 0.384. The number of nitrogens with zero attached hydrogens (tertiary/aromatic N) is 4. The molecule has 1 aliphatic heterocycles. The molecule has 116 valence electrons. The van der Waals surface area contributed by atoms with Crippen LogP contribution in [0.5, 0.6) is 6.01 Å². The Labute approximate surface area is 131 Å². The van der Waals surface area contributed by atoms with Crippen LogP contribution in [-0.4, -0.2) is 34.1 Å². The van der Waals surface area contributed by atoms with Gasteiger partial charge in [0.25, 0.3) is 0 Å². The third-order valence-electron chi connectivity index (χ3n) is 4.38. The Morgan fingerprint density at radius 2 is 1.86 bits per heavy atom. The van der Waals surface area contributed by atoms with Gasteiger partial charge in [-0.15, -0.1) is 0 Å². The minimum Gasteiger partial charge on any atom is -0.460 e. The van der Waals surface area contributed by atoms with Gasteiger partial charge in [-0.25, -0.2) is 0 Å². The van der Waals surface area contributed by atoms with Crippen molar-refractivity contribution < 1.29 is 4.74 Å². The highest BCUT2D eigenvalue weighted by Gasteiger charge is 2.22. The summed E-state index contributed by atoms with van der Waals surface area (Å²) >= 11 is 6.05. The predicted molar refractivity (Wildman–Crippen MR) is 82.9 cm³/mol. The monoisotopic (exact) mass is 310 g/mol. The number of anilines is 1. The van der Waals surface area contributed by atoms with Crippen molar-refractivity contribution in [2.45, 2.75) is 58.0 Å². The molecule has 0 amide bonds. The van der Waals surface area contributed by atoms with Crippen molar-refractivity contribution in [3.05, 3.63) is 5.28 Å². The van der Waals surface area contributed by atoms with Gasteiger partial charge in [0.1, 0.15) is 6.10 Å². The number of piperidine rings is 1. The first-order valence-corrected chi connectivity index (χ1v) is 8.41. The lowest BCUT2D eigenvalue weighted by Crippen LogP contribution is -2.31. The van der Waals surface area contributed by atoms with Crippen LogP contribution in [0.15, 0.2) is 0 Å². The third kappa shape index (κ3) is 3.96. The zero-order valence-electron chi connectivity index (χ0n) is 12.6. The topological polar surface area (TPSA) is 51.1 Å². The maximum atomic E-state index is 6.05. The zero-order valence-corrected chi connectivity index (χ0v) is 13.3. The van der Waals surface area contributed by atoms with E-state index in [1.165, 1.54) is 32.1 Å². The lowest BCUT2D eigenvalue weighted by atomic mass is 9.89. The largest absolute Gasteiger partial charge is 0.460 e. The van der Waals surface area contributed by atoms with E-state index in [9.17, 15) is 0 Å². The van der Waals surface area contributed by atoms with E-state index in [1.54, 1.807) is 0 Å². The Kier molecular flexibility index (Phi) is 4.78. The minimum absolute atomic E-state index is 0.210. The number of halogens is 1. The van der Waals surface area contributed by atoms with Crippen LogP contribution >= 0.6 is 11.6 Å². The molecule has 21 heavy (non-hydrogen) atoms. The van der Waals surface area contributed by atoms with Gasteiger partial charge in [0, 0.05) is 13.1 Å². The van der Waals surface area contributed by atoms with Crippen LogP contribution in [0.25, 0.3) is 0 Å². The molecule has 0 aromatic carbocycles. The maximum absolute atomic E-state index is 6.05. The predicted octanol–water partition coefficient (Wildman–Crippen LogP) is 3.47. The van der Waals surface area contributed by atoms with Crippen molar-refractivity contribution in [3.63, 3.8) is 0 Å². The molecular weight excluding hydrogens is 288 g/mol. The molecule has 6 heteroatoms. The van der Waals surface area contributed by atoms with Crippen LogP contribution in [0.4, 0.5) is 5.95 Å². The Morgan fingerprint density at radius 1 is 1.05 bits per heavy atom. The minimum atomic E-state index is 0.210. The summed E-state index contributed by atoms with van der Waals surface area (Å²) in [7, 11) is 0. The summed E-state index contributed by atoms with van der Waals surface area (Å²) in [6.45, 7) is 4.25. The molecule has 2 unspecified atom stereocenters. The van der Waals surface area contributed by atoms with Gasteiger partial charge in [-0.3, -0.25) is 0 Å². The molecule has 1 saturated carbocycles. The first-order chi connectivity index (χ1) is 10.2. The SMILES string of the molecule is CC1CCCC(Oc2nc(Cl)nc(N3CCCCC3)n2)C1. The van der Waals surface area contributed by atoms with Gasteiger partial charge in [-0.05, 0) is 56.0 Å². The van der Waals surface area contributed by atoms with Crippen molar-refractivity contribution in [2.75, 3.05) is 18.0 Å². The summed E-state index contributed by atoms with van der Waals surface area (Å²) in [5.41, 5.74) is 0. The van der Waals surface area contributed by atoms with Crippen LogP contribution < -0.4 is 9.64 Å². The Morgan fingerprint density at radius 3 is 2.62 bits per heavy atom. The highest BCUT2D eigenvalue weighted by molar-refractivity contribution is 6.28. The quantitative estimate of drug-likeness (QED) is 0.855. The molecule has 2 heterocycles. The van der Waals surface area contributed by atoms with E-state index >= 15 is 0 Å². The highest BCUT2D eigenvalue weighted by Crippen LogP contribution is 2.27. The average Bonchev–Trinajstić information content (AvgIpc) is 2.47. The lowest BCUT2D eigenvalue weighted by molar-refractivity contribution is 0.118. The van der Waals surface area contributed by atoms with E-state index in [0.29, 0.717) is 17.9 Å². The number of aromatic nitrogens is 3. The molecule has 1 aliphatic carbocycles. The maximum Gasteiger partial charge on any atom is 0.322 e. The molecule has 0 N–H and O–H groups in total. The fraction of sp³-hybridized carbons (Fsp3) is 0.800. The van der Waals surface area contributed by atoms with E-state index in [1.807, 2.05) is 0 Å². The molecule has 2 atom stereocenters. The van der Waals surface area contributed by atoms with Crippen LogP contribution in [0.2, 0.25) is 5.28 Å². The standard InChI is InChI=1S/C15H23ClN4O/c1-11-6-5-7-12(10-11)21-15-18-13(16)17-14(19-15)20-8-3-2-4-9-20/h11-12H,2-10H2,1H3. The van der Waals surface area contributed by atoms with E-state index in [-0.39, 0.29) is 11.4 Å². The van der Waals surface area contributed by atoms with Crippen molar-refractivity contribution in [3.8, 4) is 6.01 Å². The first-order valence-electron chi connectivity index (χ1n) is 8.04. The van der Waals surface area contributed by atoms with Crippen LogP contribution in [0.3, 0.4) is 0 Å². The second-order valence-electron chi connectivity index (χ2n) is 6.25. The Hall–Kier alpha value is -1.10. The van der Waals surface area contributed by atoms with E-state index < -0.39 is 0 Å². The molecule has 0 radical (unpaired) electrons. The fourth-order valence-electron chi connectivity index (χ4n) is 3.24. The van der Waals surface area contributed by atoms with Gasteiger partial charge in [0.05, 0.1) is 0 Å². The lowest BCUT2D eigenvalue weighted by Gasteiger charge is -2.28. The molecule has 1 aromatic rings. The van der Waals surface area contributed by atoms with Crippen LogP contribution in [-0.2, 0) is 0 Å². The molecule has 0 bridgehead atoms. The second-order valence-corrected chi connectivity index (χ2v) is 6.58. The van der Waals surface area contributed by atoms with Crippen molar-refractivity contribution in [1.29, 1.82) is 0 Å². The molecule has 2 aliphatic rings. The number of ether oxygens (including phenoxy) is 1. The third-order valence-corrected chi connectivity index (χ3v) is 4.54. The summed E-state index contributed by atoms with van der Waals surface area (Å²) in [6.07, 6.45) is 8.49. The number of hydrogen-bond donors (Lipinski definition) is 0. The summed E-state index contributed by atoms with van der Waals surface area (Å²) < 4.78 is 5.96. The Balaban J connectivity index is 1.71. The van der Waals surface area contributed by atoms with Gasteiger partial charge in [-0.1, -0.05) is 13.3 Å². The van der Waals surface area contributed by atoms with Crippen LogP contribution in [0.1, 0.15) is 51.9 Å². The van der Waals surface area contributed by atoms with E-state index in [0.717, 1.165) is 25.9 Å². The molecule has 0 spiro atoms. The fourth-order valence-corrected chi connectivity index (χ4v) is 3.39. The smallest absolute Gasteiger partial charge is 0.322 e. The molecule has 3 rings (SSSR count). The van der Waals surface area contributed by atoms with Gasteiger partial charge >= 0.3 is 6.01 Å². The molecule has 2 fully saturated rings. The average molecular weight is 311 g/mol. The van der Waals surface area contributed by atoms with Gasteiger partial charge in [0.15, 0.2) is 0 Å². The highest BCUT2D eigenvalue weighted by atomic mass is 35.5.